The maximum Gasteiger partial charge on any atom is 0.246 e. The molecule has 0 aromatic heterocycles. The van der Waals surface area contributed by atoms with Crippen LogP contribution >= 0.6 is 0 Å². The number of carbonyl (C=O) groups excluding carboxylic acids is 2. The van der Waals surface area contributed by atoms with Crippen LogP contribution in [0.2, 0.25) is 0 Å². The average Bonchev–Trinajstić information content (AvgIpc) is 2.59. The standard InChI is InChI=1S/C14H18N2O3/c1-19-9-7-11-4-2-3-5-12(11)16-8-6-13(17)15-10-14(16)18/h2-5H,6-10H2,1H3,(H,15,17). The van der Waals surface area contributed by atoms with Crippen LogP contribution in [0.4, 0.5) is 5.69 Å². The van der Waals surface area contributed by atoms with Gasteiger partial charge in [0, 0.05) is 25.8 Å². The number of amides is 2. The summed E-state index contributed by atoms with van der Waals surface area (Å²) in [6.07, 6.45) is 1.09. The van der Waals surface area contributed by atoms with Crippen LogP contribution in [-0.2, 0) is 20.7 Å². The third-order valence-electron chi connectivity index (χ3n) is 3.16. The van der Waals surface area contributed by atoms with Gasteiger partial charge in [0.2, 0.25) is 11.8 Å². The van der Waals surface area contributed by atoms with Gasteiger partial charge in [-0.15, -0.1) is 0 Å². The zero-order chi connectivity index (χ0) is 13.7. The van der Waals surface area contributed by atoms with E-state index in [1.165, 1.54) is 0 Å². The Labute approximate surface area is 112 Å². The van der Waals surface area contributed by atoms with Crippen molar-refractivity contribution >= 4 is 17.5 Å². The highest BCUT2D eigenvalue weighted by Crippen LogP contribution is 2.22. The molecule has 2 rings (SSSR count). The van der Waals surface area contributed by atoms with Crippen molar-refractivity contribution in [2.75, 3.05) is 31.7 Å². The number of para-hydroxylation sites is 1. The van der Waals surface area contributed by atoms with E-state index in [2.05, 4.69) is 5.32 Å². The SMILES string of the molecule is COCCc1ccccc1N1CCC(=O)NCC1=O. The molecule has 1 heterocycles. The molecule has 0 bridgehead atoms. The summed E-state index contributed by atoms with van der Waals surface area (Å²) in [7, 11) is 1.66. The minimum Gasteiger partial charge on any atom is -0.384 e. The molecular formula is C14H18N2O3. The van der Waals surface area contributed by atoms with E-state index in [-0.39, 0.29) is 18.4 Å². The first-order valence-electron chi connectivity index (χ1n) is 6.36. The van der Waals surface area contributed by atoms with Crippen molar-refractivity contribution < 1.29 is 14.3 Å². The number of hydrogen-bond acceptors (Lipinski definition) is 3. The molecule has 5 nitrogen and oxygen atoms in total. The average molecular weight is 262 g/mol. The third kappa shape index (κ3) is 3.32. The smallest absolute Gasteiger partial charge is 0.246 e. The lowest BCUT2D eigenvalue weighted by molar-refractivity contribution is -0.123. The summed E-state index contributed by atoms with van der Waals surface area (Å²) in [6.45, 7) is 1.10. The Bertz CT molecular complexity index is 474. The molecule has 1 fully saturated rings. The molecule has 1 aliphatic heterocycles. The number of hydrogen-bond donors (Lipinski definition) is 1. The lowest BCUT2D eigenvalue weighted by Gasteiger charge is -2.23. The molecule has 1 saturated heterocycles. The summed E-state index contributed by atoms with van der Waals surface area (Å²) in [5.74, 6) is -0.152. The number of ether oxygens (including phenoxy) is 1. The summed E-state index contributed by atoms with van der Waals surface area (Å²) in [5, 5.41) is 2.60. The van der Waals surface area contributed by atoms with Gasteiger partial charge in [-0.3, -0.25) is 9.59 Å². The predicted octanol–water partition coefficient (Wildman–Crippen LogP) is 0.728. The largest absolute Gasteiger partial charge is 0.384 e. The molecule has 2 amide bonds. The predicted molar refractivity (Wildman–Crippen MR) is 72.0 cm³/mol. The van der Waals surface area contributed by atoms with E-state index in [0.29, 0.717) is 19.6 Å². The van der Waals surface area contributed by atoms with E-state index < -0.39 is 0 Å². The Balaban J connectivity index is 2.23. The maximum atomic E-state index is 12.1. The van der Waals surface area contributed by atoms with E-state index in [1.807, 2.05) is 24.3 Å². The van der Waals surface area contributed by atoms with Gasteiger partial charge in [-0.1, -0.05) is 18.2 Å². The number of nitrogens with one attached hydrogen (secondary N) is 1. The fraction of sp³-hybridized carbons (Fsp3) is 0.429. The fourth-order valence-electron chi connectivity index (χ4n) is 2.15. The van der Waals surface area contributed by atoms with Crippen LogP contribution < -0.4 is 10.2 Å². The summed E-state index contributed by atoms with van der Waals surface area (Å²) >= 11 is 0. The Morgan fingerprint density at radius 1 is 1.32 bits per heavy atom. The highest BCUT2D eigenvalue weighted by molar-refractivity contribution is 5.99. The molecule has 0 unspecified atom stereocenters. The van der Waals surface area contributed by atoms with Gasteiger partial charge in [0.25, 0.3) is 0 Å². The minimum atomic E-state index is -0.0785. The van der Waals surface area contributed by atoms with Gasteiger partial charge in [-0.2, -0.15) is 0 Å². The van der Waals surface area contributed by atoms with E-state index in [4.69, 9.17) is 4.74 Å². The first-order valence-corrected chi connectivity index (χ1v) is 6.36. The molecule has 1 aromatic carbocycles. The van der Waals surface area contributed by atoms with Crippen molar-refractivity contribution in [1.82, 2.24) is 5.32 Å². The normalized spacial score (nSPS) is 16.2. The molecule has 0 radical (unpaired) electrons. The summed E-state index contributed by atoms with van der Waals surface area (Å²) in [4.78, 5) is 25.1. The Hall–Kier alpha value is -1.88. The molecule has 1 aromatic rings. The van der Waals surface area contributed by atoms with Crippen molar-refractivity contribution in [2.45, 2.75) is 12.8 Å². The molecule has 5 heteroatoms. The van der Waals surface area contributed by atoms with Crippen LogP contribution in [0.5, 0.6) is 0 Å². The van der Waals surface area contributed by atoms with Crippen LogP contribution in [0, 0.1) is 0 Å². The van der Waals surface area contributed by atoms with Gasteiger partial charge >= 0.3 is 0 Å². The molecule has 0 spiro atoms. The van der Waals surface area contributed by atoms with Crippen molar-refractivity contribution in [1.29, 1.82) is 0 Å². The molecule has 0 atom stereocenters. The third-order valence-corrected chi connectivity index (χ3v) is 3.16. The topological polar surface area (TPSA) is 58.6 Å². The Morgan fingerprint density at radius 3 is 2.89 bits per heavy atom. The lowest BCUT2D eigenvalue weighted by atomic mass is 10.1. The molecule has 1 N–H and O–H groups in total. The van der Waals surface area contributed by atoms with Crippen LogP contribution in [0.1, 0.15) is 12.0 Å². The highest BCUT2D eigenvalue weighted by Gasteiger charge is 2.22. The Morgan fingerprint density at radius 2 is 2.11 bits per heavy atom. The summed E-state index contributed by atoms with van der Waals surface area (Å²) in [6, 6.07) is 7.75. The van der Waals surface area contributed by atoms with Gasteiger partial charge in [0.05, 0.1) is 13.2 Å². The van der Waals surface area contributed by atoms with Crippen molar-refractivity contribution in [3.63, 3.8) is 0 Å². The second-order valence-corrected chi connectivity index (χ2v) is 4.44. The Kier molecular flexibility index (Phi) is 4.52. The van der Waals surface area contributed by atoms with Crippen LogP contribution in [0.3, 0.4) is 0 Å². The fourth-order valence-corrected chi connectivity index (χ4v) is 2.15. The molecule has 0 saturated carbocycles. The molecule has 0 aliphatic carbocycles. The van der Waals surface area contributed by atoms with Gasteiger partial charge in [-0.25, -0.2) is 0 Å². The van der Waals surface area contributed by atoms with E-state index in [0.717, 1.165) is 17.7 Å². The van der Waals surface area contributed by atoms with Gasteiger partial charge in [0.15, 0.2) is 0 Å². The first kappa shape index (κ1) is 13.5. The van der Waals surface area contributed by atoms with Gasteiger partial charge in [0.1, 0.15) is 0 Å². The summed E-state index contributed by atoms with van der Waals surface area (Å²) < 4.78 is 5.09. The van der Waals surface area contributed by atoms with Crippen LogP contribution in [0.25, 0.3) is 0 Å². The van der Waals surface area contributed by atoms with E-state index in [9.17, 15) is 9.59 Å². The quantitative estimate of drug-likeness (QED) is 0.870. The zero-order valence-electron chi connectivity index (χ0n) is 11.0. The monoisotopic (exact) mass is 262 g/mol. The lowest BCUT2D eigenvalue weighted by Crippen LogP contribution is -2.35. The van der Waals surface area contributed by atoms with Crippen molar-refractivity contribution in [3.05, 3.63) is 29.8 Å². The van der Waals surface area contributed by atoms with E-state index >= 15 is 0 Å². The number of carbonyl (C=O) groups is 2. The van der Waals surface area contributed by atoms with Crippen LogP contribution in [0.15, 0.2) is 24.3 Å². The number of nitrogens with zero attached hydrogens (tertiary/aromatic N) is 1. The van der Waals surface area contributed by atoms with E-state index in [1.54, 1.807) is 12.0 Å². The van der Waals surface area contributed by atoms with Gasteiger partial charge in [-0.05, 0) is 18.1 Å². The van der Waals surface area contributed by atoms with Crippen molar-refractivity contribution in [3.8, 4) is 0 Å². The second kappa shape index (κ2) is 6.33. The number of rotatable bonds is 4. The second-order valence-electron chi connectivity index (χ2n) is 4.44. The first-order chi connectivity index (χ1) is 9.22. The molecule has 19 heavy (non-hydrogen) atoms. The number of anilines is 1. The zero-order valence-corrected chi connectivity index (χ0v) is 11.0. The number of benzene rings is 1. The number of methoxy groups -OCH3 is 1. The van der Waals surface area contributed by atoms with Crippen LogP contribution in [-0.4, -0.2) is 38.6 Å². The summed E-state index contributed by atoms with van der Waals surface area (Å²) in [5.41, 5.74) is 1.94. The molecular weight excluding hydrogens is 244 g/mol. The molecule has 102 valence electrons. The minimum absolute atomic E-state index is 0.0669. The van der Waals surface area contributed by atoms with Gasteiger partial charge < -0.3 is 15.0 Å². The maximum absolute atomic E-state index is 12.1. The highest BCUT2D eigenvalue weighted by atomic mass is 16.5. The molecule has 1 aliphatic rings. The van der Waals surface area contributed by atoms with Crippen molar-refractivity contribution in [2.24, 2.45) is 0 Å².